The van der Waals surface area contributed by atoms with Crippen LogP contribution < -0.4 is 0 Å². The van der Waals surface area contributed by atoms with Gasteiger partial charge >= 0.3 is 0 Å². The Labute approximate surface area is 86.8 Å². The second-order valence-corrected chi connectivity index (χ2v) is 4.42. The van der Waals surface area contributed by atoms with E-state index < -0.39 is 0 Å². The molecule has 0 aromatic rings. The molecule has 0 saturated carbocycles. The summed E-state index contributed by atoms with van der Waals surface area (Å²) < 4.78 is 5.32. The molecule has 78 valence electrons. The molecule has 0 amide bonds. The molecule has 0 aromatic heterocycles. The largest absolute Gasteiger partial charge is 0.377 e. The van der Waals surface area contributed by atoms with E-state index in [2.05, 4.69) is 24.3 Å². The second-order valence-electron chi connectivity index (χ2n) is 4.42. The Hall–Kier alpha value is -0.560. The SMILES string of the molecule is COC1C=CC(C2C=CCCC2)CC1. The molecule has 0 heterocycles. The highest BCUT2D eigenvalue weighted by molar-refractivity contribution is 5.06. The lowest BCUT2D eigenvalue weighted by Gasteiger charge is -2.28. The van der Waals surface area contributed by atoms with Crippen LogP contribution in [-0.2, 0) is 4.74 Å². The Balaban J connectivity index is 1.93. The van der Waals surface area contributed by atoms with E-state index >= 15 is 0 Å². The third kappa shape index (κ3) is 2.27. The lowest BCUT2D eigenvalue weighted by Crippen LogP contribution is -2.20. The average Bonchev–Trinajstić information content (AvgIpc) is 2.30. The predicted molar refractivity (Wildman–Crippen MR) is 59.1 cm³/mol. The normalized spacial score (nSPS) is 37.4. The number of ether oxygens (including phenoxy) is 1. The molecule has 1 heteroatoms. The van der Waals surface area contributed by atoms with Gasteiger partial charge in [0.05, 0.1) is 6.10 Å². The molecule has 2 aliphatic rings. The third-order valence-electron chi connectivity index (χ3n) is 3.50. The van der Waals surface area contributed by atoms with Gasteiger partial charge in [-0.1, -0.05) is 24.3 Å². The molecule has 0 N–H and O–H groups in total. The zero-order valence-corrected chi connectivity index (χ0v) is 8.99. The van der Waals surface area contributed by atoms with Gasteiger partial charge in [-0.15, -0.1) is 0 Å². The molecule has 0 saturated heterocycles. The molecule has 0 aliphatic heterocycles. The zero-order valence-electron chi connectivity index (χ0n) is 8.99. The Morgan fingerprint density at radius 1 is 1.00 bits per heavy atom. The van der Waals surface area contributed by atoms with Crippen molar-refractivity contribution in [2.45, 2.75) is 38.2 Å². The molecular weight excluding hydrogens is 172 g/mol. The van der Waals surface area contributed by atoms with Crippen LogP contribution in [0.15, 0.2) is 24.3 Å². The van der Waals surface area contributed by atoms with Crippen LogP contribution in [0.4, 0.5) is 0 Å². The number of rotatable bonds is 2. The van der Waals surface area contributed by atoms with E-state index in [1.54, 1.807) is 7.11 Å². The fourth-order valence-corrected chi connectivity index (χ4v) is 2.56. The monoisotopic (exact) mass is 192 g/mol. The van der Waals surface area contributed by atoms with Crippen molar-refractivity contribution >= 4 is 0 Å². The van der Waals surface area contributed by atoms with Crippen LogP contribution in [0.5, 0.6) is 0 Å². The minimum absolute atomic E-state index is 0.374. The van der Waals surface area contributed by atoms with Gasteiger partial charge in [0.1, 0.15) is 0 Å². The minimum atomic E-state index is 0.374. The number of allylic oxidation sites excluding steroid dienone is 3. The highest BCUT2D eigenvalue weighted by Crippen LogP contribution is 2.32. The van der Waals surface area contributed by atoms with Crippen molar-refractivity contribution in [2.75, 3.05) is 7.11 Å². The van der Waals surface area contributed by atoms with Crippen LogP contribution in [0.3, 0.4) is 0 Å². The quantitative estimate of drug-likeness (QED) is 0.610. The molecule has 3 unspecified atom stereocenters. The summed E-state index contributed by atoms with van der Waals surface area (Å²) in [5, 5.41) is 0. The molecular formula is C13H20O. The molecule has 0 spiro atoms. The summed E-state index contributed by atoms with van der Waals surface area (Å²) in [6.45, 7) is 0. The summed E-state index contributed by atoms with van der Waals surface area (Å²) in [6.07, 6.45) is 16.3. The number of methoxy groups -OCH3 is 1. The van der Waals surface area contributed by atoms with Crippen molar-refractivity contribution in [3.63, 3.8) is 0 Å². The van der Waals surface area contributed by atoms with Gasteiger partial charge < -0.3 is 4.74 Å². The fourth-order valence-electron chi connectivity index (χ4n) is 2.56. The maximum absolute atomic E-state index is 5.32. The molecule has 1 nitrogen and oxygen atoms in total. The summed E-state index contributed by atoms with van der Waals surface area (Å²) in [6, 6.07) is 0. The van der Waals surface area contributed by atoms with E-state index in [-0.39, 0.29) is 0 Å². The molecule has 14 heavy (non-hydrogen) atoms. The highest BCUT2D eigenvalue weighted by atomic mass is 16.5. The molecule has 2 aliphatic carbocycles. The van der Waals surface area contributed by atoms with Gasteiger partial charge in [-0.25, -0.2) is 0 Å². The lowest BCUT2D eigenvalue weighted by atomic mass is 9.79. The van der Waals surface area contributed by atoms with Crippen LogP contribution in [0.1, 0.15) is 32.1 Å². The first-order valence-electron chi connectivity index (χ1n) is 5.78. The maximum atomic E-state index is 5.32. The van der Waals surface area contributed by atoms with Crippen molar-refractivity contribution in [3.8, 4) is 0 Å². The summed E-state index contributed by atoms with van der Waals surface area (Å²) in [7, 11) is 1.80. The number of hydrogen-bond acceptors (Lipinski definition) is 1. The van der Waals surface area contributed by atoms with Crippen molar-refractivity contribution in [1.29, 1.82) is 0 Å². The Morgan fingerprint density at radius 3 is 2.43 bits per heavy atom. The summed E-state index contributed by atoms with van der Waals surface area (Å²) in [4.78, 5) is 0. The Kier molecular flexibility index (Phi) is 3.41. The van der Waals surface area contributed by atoms with Crippen LogP contribution in [0, 0.1) is 11.8 Å². The third-order valence-corrected chi connectivity index (χ3v) is 3.50. The van der Waals surface area contributed by atoms with E-state index in [0.717, 1.165) is 11.8 Å². The minimum Gasteiger partial charge on any atom is -0.377 e. The van der Waals surface area contributed by atoms with Crippen molar-refractivity contribution in [3.05, 3.63) is 24.3 Å². The zero-order chi connectivity index (χ0) is 9.80. The molecule has 0 bridgehead atoms. The van der Waals surface area contributed by atoms with Crippen LogP contribution in [0.25, 0.3) is 0 Å². The first-order chi connectivity index (χ1) is 6.90. The van der Waals surface area contributed by atoms with Crippen molar-refractivity contribution in [1.82, 2.24) is 0 Å². The van der Waals surface area contributed by atoms with Crippen molar-refractivity contribution in [2.24, 2.45) is 11.8 Å². The molecule has 0 radical (unpaired) electrons. The lowest BCUT2D eigenvalue weighted by molar-refractivity contribution is 0.119. The van der Waals surface area contributed by atoms with Gasteiger partial charge in [-0.3, -0.25) is 0 Å². The predicted octanol–water partition coefficient (Wildman–Crippen LogP) is 3.32. The van der Waals surface area contributed by atoms with Crippen LogP contribution in [0.2, 0.25) is 0 Å². The van der Waals surface area contributed by atoms with Gasteiger partial charge in [-0.05, 0) is 43.9 Å². The van der Waals surface area contributed by atoms with Gasteiger partial charge in [0.15, 0.2) is 0 Å². The smallest absolute Gasteiger partial charge is 0.0752 e. The molecule has 3 atom stereocenters. The average molecular weight is 192 g/mol. The van der Waals surface area contributed by atoms with Gasteiger partial charge in [-0.2, -0.15) is 0 Å². The summed E-state index contributed by atoms with van der Waals surface area (Å²) >= 11 is 0. The Bertz CT molecular complexity index is 229. The van der Waals surface area contributed by atoms with E-state index in [1.165, 1.54) is 32.1 Å². The highest BCUT2D eigenvalue weighted by Gasteiger charge is 2.22. The van der Waals surface area contributed by atoms with E-state index in [0.29, 0.717) is 6.10 Å². The van der Waals surface area contributed by atoms with E-state index in [9.17, 15) is 0 Å². The molecule has 0 fully saturated rings. The molecule has 2 rings (SSSR count). The first-order valence-corrected chi connectivity index (χ1v) is 5.78. The summed E-state index contributed by atoms with van der Waals surface area (Å²) in [5.74, 6) is 1.58. The first kappa shape index (κ1) is 9.97. The fraction of sp³-hybridized carbons (Fsp3) is 0.692. The molecule has 0 aromatic carbocycles. The maximum Gasteiger partial charge on any atom is 0.0752 e. The van der Waals surface area contributed by atoms with Gasteiger partial charge in [0.2, 0.25) is 0 Å². The standard InChI is InChI=1S/C13H20O/c1-14-13-9-7-12(8-10-13)11-5-3-2-4-6-11/h3,5,7,9,11-13H,2,4,6,8,10H2,1H3. The Morgan fingerprint density at radius 2 is 1.86 bits per heavy atom. The van der Waals surface area contributed by atoms with E-state index in [1.807, 2.05) is 0 Å². The van der Waals surface area contributed by atoms with Crippen LogP contribution >= 0.6 is 0 Å². The van der Waals surface area contributed by atoms with Gasteiger partial charge in [0.25, 0.3) is 0 Å². The van der Waals surface area contributed by atoms with Crippen molar-refractivity contribution < 1.29 is 4.74 Å². The topological polar surface area (TPSA) is 9.23 Å². The number of hydrogen-bond donors (Lipinski definition) is 0. The van der Waals surface area contributed by atoms with Gasteiger partial charge in [0, 0.05) is 7.11 Å². The van der Waals surface area contributed by atoms with Crippen LogP contribution in [-0.4, -0.2) is 13.2 Å². The van der Waals surface area contributed by atoms with E-state index in [4.69, 9.17) is 4.74 Å². The summed E-state index contributed by atoms with van der Waals surface area (Å²) in [5.41, 5.74) is 0. The second kappa shape index (κ2) is 4.79.